The Labute approximate surface area is 198 Å². The molecule has 33 heavy (non-hydrogen) atoms. The van der Waals surface area contributed by atoms with E-state index in [1.807, 2.05) is 36.6 Å². The number of ether oxygens (including phenoxy) is 3. The molecule has 1 saturated heterocycles. The lowest BCUT2D eigenvalue weighted by molar-refractivity contribution is 0.0162. The minimum Gasteiger partial charge on any atom is -0.497 e. The summed E-state index contributed by atoms with van der Waals surface area (Å²) in [5, 5.41) is 6.10. The number of hydrogen-bond donors (Lipinski definition) is 1. The summed E-state index contributed by atoms with van der Waals surface area (Å²) in [5.41, 5.74) is 2.59. The van der Waals surface area contributed by atoms with E-state index < -0.39 is 0 Å². The number of morpholine rings is 1. The van der Waals surface area contributed by atoms with E-state index in [9.17, 15) is 4.79 Å². The Balaban J connectivity index is 1.41. The lowest BCUT2D eigenvalue weighted by atomic mass is 10.0. The number of aromatic nitrogens is 1. The SMILES string of the molecule is COc1ccc(C(CNC(=O)c2cccc(OCc3csc(C)n3)c2)N2CCOCC2)cc1. The fraction of sp³-hybridized carbons (Fsp3) is 0.360. The number of amides is 1. The Morgan fingerprint density at radius 1 is 1.18 bits per heavy atom. The van der Waals surface area contributed by atoms with E-state index in [0.717, 1.165) is 35.1 Å². The highest BCUT2D eigenvalue weighted by molar-refractivity contribution is 7.09. The first kappa shape index (κ1) is 23.2. The minimum atomic E-state index is -0.128. The van der Waals surface area contributed by atoms with Gasteiger partial charge in [0.25, 0.3) is 5.91 Å². The molecule has 3 aromatic rings. The quantitative estimate of drug-likeness (QED) is 0.516. The maximum absolute atomic E-state index is 13.0. The molecule has 1 fully saturated rings. The molecule has 2 aromatic carbocycles. The number of benzene rings is 2. The van der Waals surface area contributed by atoms with Crippen LogP contribution in [0.2, 0.25) is 0 Å². The number of hydrogen-bond acceptors (Lipinski definition) is 7. The second-order valence-electron chi connectivity index (χ2n) is 7.82. The highest BCUT2D eigenvalue weighted by atomic mass is 32.1. The Kier molecular flexibility index (Phi) is 7.93. The van der Waals surface area contributed by atoms with E-state index in [-0.39, 0.29) is 11.9 Å². The van der Waals surface area contributed by atoms with Crippen LogP contribution in [0.5, 0.6) is 11.5 Å². The van der Waals surface area contributed by atoms with Crippen molar-refractivity contribution in [1.29, 1.82) is 0 Å². The molecule has 8 heteroatoms. The minimum absolute atomic E-state index is 0.0519. The van der Waals surface area contributed by atoms with Crippen molar-refractivity contribution >= 4 is 17.2 Å². The molecule has 1 amide bonds. The molecular formula is C25H29N3O4S. The second-order valence-corrected chi connectivity index (χ2v) is 8.88. The molecule has 7 nitrogen and oxygen atoms in total. The van der Waals surface area contributed by atoms with Crippen LogP contribution < -0.4 is 14.8 Å². The Morgan fingerprint density at radius 2 is 1.97 bits per heavy atom. The zero-order valence-corrected chi connectivity index (χ0v) is 19.8. The average molecular weight is 468 g/mol. The molecule has 0 spiro atoms. The van der Waals surface area contributed by atoms with Gasteiger partial charge in [-0.25, -0.2) is 4.98 Å². The zero-order chi connectivity index (χ0) is 23.0. The predicted molar refractivity (Wildman–Crippen MR) is 128 cm³/mol. The van der Waals surface area contributed by atoms with Gasteiger partial charge in [-0.05, 0) is 42.8 Å². The molecule has 0 aliphatic carbocycles. The van der Waals surface area contributed by atoms with Crippen molar-refractivity contribution in [3.05, 3.63) is 75.7 Å². The van der Waals surface area contributed by atoms with Gasteiger partial charge in [0, 0.05) is 30.6 Å². The molecule has 0 radical (unpaired) electrons. The highest BCUT2D eigenvalue weighted by Gasteiger charge is 2.23. The summed E-state index contributed by atoms with van der Waals surface area (Å²) in [7, 11) is 1.66. The van der Waals surface area contributed by atoms with Gasteiger partial charge < -0.3 is 19.5 Å². The number of nitrogens with zero attached hydrogens (tertiary/aromatic N) is 2. The molecule has 1 aliphatic heterocycles. The van der Waals surface area contributed by atoms with Crippen molar-refractivity contribution in [2.24, 2.45) is 0 Å². The molecule has 2 heterocycles. The lowest BCUT2D eigenvalue weighted by Crippen LogP contribution is -2.43. The first-order valence-corrected chi connectivity index (χ1v) is 11.9. The van der Waals surface area contributed by atoms with E-state index in [0.29, 0.717) is 37.7 Å². The van der Waals surface area contributed by atoms with Crippen molar-refractivity contribution < 1.29 is 19.0 Å². The predicted octanol–water partition coefficient (Wildman–Crippen LogP) is 3.84. The van der Waals surface area contributed by atoms with Gasteiger partial charge in [-0.3, -0.25) is 9.69 Å². The zero-order valence-electron chi connectivity index (χ0n) is 19.0. The molecule has 1 N–H and O–H groups in total. The summed E-state index contributed by atoms with van der Waals surface area (Å²) in [6.45, 7) is 5.88. The van der Waals surface area contributed by atoms with Gasteiger partial charge in [-0.2, -0.15) is 0 Å². The maximum atomic E-state index is 13.0. The van der Waals surface area contributed by atoms with Gasteiger partial charge in [0.1, 0.15) is 18.1 Å². The summed E-state index contributed by atoms with van der Waals surface area (Å²) in [6.07, 6.45) is 0. The molecule has 4 rings (SSSR count). The second kappa shape index (κ2) is 11.3. The lowest BCUT2D eigenvalue weighted by Gasteiger charge is -2.35. The van der Waals surface area contributed by atoms with Gasteiger partial charge >= 0.3 is 0 Å². The highest BCUT2D eigenvalue weighted by Crippen LogP contribution is 2.24. The number of carbonyl (C=O) groups is 1. The number of rotatable bonds is 9. The van der Waals surface area contributed by atoms with Crippen LogP contribution in [-0.2, 0) is 11.3 Å². The third-order valence-corrected chi connectivity index (χ3v) is 6.41. The maximum Gasteiger partial charge on any atom is 0.251 e. The van der Waals surface area contributed by atoms with Crippen LogP contribution >= 0.6 is 11.3 Å². The molecule has 0 bridgehead atoms. The van der Waals surface area contributed by atoms with E-state index in [1.54, 1.807) is 30.6 Å². The number of aryl methyl sites for hydroxylation is 1. The molecule has 0 saturated carbocycles. The molecule has 1 unspecified atom stereocenters. The fourth-order valence-electron chi connectivity index (χ4n) is 3.82. The normalized spacial score (nSPS) is 15.1. The average Bonchev–Trinajstić information content (AvgIpc) is 3.29. The topological polar surface area (TPSA) is 72.9 Å². The van der Waals surface area contributed by atoms with Crippen LogP contribution in [0.25, 0.3) is 0 Å². The summed E-state index contributed by atoms with van der Waals surface area (Å²) in [4.78, 5) is 19.7. The third-order valence-electron chi connectivity index (χ3n) is 5.59. The van der Waals surface area contributed by atoms with Crippen LogP contribution in [0.4, 0.5) is 0 Å². The largest absolute Gasteiger partial charge is 0.497 e. The Morgan fingerprint density at radius 3 is 2.67 bits per heavy atom. The van der Waals surface area contributed by atoms with E-state index in [4.69, 9.17) is 14.2 Å². The smallest absolute Gasteiger partial charge is 0.251 e. The van der Waals surface area contributed by atoms with Crippen LogP contribution in [0.1, 0.15) is 32.7 Å². The standard InChI is InChI=1S/C25H29N3O4S/c1-18-27-21(17-33-18)16-32-23-5-3-4-20(14-23)25(29)26-15-24(28-10-12-31-13-11-28)19-6-8-22(30-2)9-7-19/h3-9,14,17,24H,10-13,15-16H2,1-2H3,(H,26,29). The Hall–Kier alpha value is -2.94. The first-order chi connectivity index (χ1) is 16.1. The number of methoxy groups -OCH3 is 1. The van der Waals surface area contributed by atoms with Crippen molar-refractivity contribution in [3.8, 4) is 11.5 Å². The van der Waals surface area contributed by atoms with E-state index in [1.165, 1.54) is 0 Å². The van der Waals surface area contributed by atoms with Crippen LogP contribution in [-0.4, -0.2) is 55.7 Å². The summed E-state index contributed by atoms with van der Waals surface area (Å²) >= 11 is 1.59. The summed E-state index contributed by atoms with van der Waals surface area (Å²) in [5.74, 6) is 1.33. The van der Waals surface area contributed by atoms with Gasteiger partial charge in [0.2, 0.25) is 0 Å². The fourth-order valence-corrected chi connectivity index (χ4v) is 4.42. The van der Waals surface area contributed by atoms with Crippen molar-refractivity contribution in [2.45, 2.75) is 19.6 Å². The van der Waals surface area contributed by atoms with Crippen LogP contribution in [0.3, 0.4) is 0 Å². The molecule has 1 aromatic heterocycles. The first-order valence-electron chi connectivity index (χ1n) is 11.0. The number of carbonyl (C=O) groups excluding carboxylic acids is 1. The van der Waals surface area contributed by atoms with Crippen LogP contribution in [0.15, 0.2) is 53.9 Å². The van der Waals surface area contributed by atoms with E-state index in [2.05, 4.69) is 27.3 Å². The molecular weight excluding hydrogens is 438 g/mol. The summed E-state index contributed by atoms with van der Waals surface area (Å²) < 4.78 is 16.7. The van der Waals surface area contributed by atoms with Gasteiger partial charge in [0.05, 0.1) is 37.1 Å². The monoisotopic (exact) mass is 467 g/mol. The van der Waals surface area contributed by atoms with Gasteiger partial charge in [-0.1, -0.05) is 18.2 Å². The van der Waals surface area contributed by atoms with Crippen molar-refractivity contribution in [1.82, 2.24) is 15.2 Å². The summed E-state index contributed by atoms with van der Waals surface area (Å²) in [6, 6.07) is 15.3. The molecule has 1 atom stereocenters. The van der Waals surface area contributed by atoms with Crippen LogP contribution in [0, 0.1) is 6.92 Å². The van der Waals surface area contributed by atoms with Gasteiger partial charge in [-0.15, -0.1) is 11.3 Å². The molecule has 1 aliphatic rings. The molecule has 174 valence electrons. The van der Waals surface area contributed by atoms with Crippen molar-refractivity contribution in [2.75, 3.05) is 40.0 Å². The van der Waals surface area contributed by atoms with Crippen molar-refractivity contribution in [3.63, 3.8) is 0 Å². The third kappa shape index (κ3) is 6.31. The number of thiazole rings is 1. The number of nitrogens with one attached hydrogen (secondary N) is 1. The van der Waals surface area contributed by atoms with Gasteiger partial charge in [0.15, 0.2) is 0 Å². The van der Waals surface area contributed by atoms with E-state index >= 15 is 0 Å². The Bertz CT molecular complexity index is 1050.